The first-order valence-corrected chi connectivity index (χ1v) is 7.70. The molecule has 21 heavy (non-hydrogen) atoms. The monoisotopic (exact) mass is 368 g/mol. The second kappa shape index (κ2) is 7.96. The Balaban J connectivity index is 1.66. The largest absolute Gasteiger partial charge is 0.505 e. The minimum Gasteiger partial charge on any atom is -0.505 e. The van der Waals surface area contributed by atoms with Gasteiger partial charge in [0.1, 0.15) is 0 Å². The first kappa shape index (κ1) is 15.7. The van der Waals surface area contributed by atoms with Crippen molar-refractivity contribution in [2.45, 2.75) is 4.90 Å². The molecule has 1 aromatic heterocycles. The number of carbonyl (C=O) groups is 1. The van der Waals surface area contributed by atoms with E-state index in [2.05, 4.69) is 35.9 Å². The molecule has 110 valence electrons. The van der Waals surface area contributed by atoms with Crippen molar-refractivity contribution in [3.05, 3.63) is 47.0 Å². The zero-order chi connectivity index (χ0) is 15.1. The van der Waals surface area contributed by atoms with Crippen molar-refractivity contribution in [3.63, 3.8) is 0 Å². The summed E-state index contributed by atoms with van der Waals surface area (Å²) in [4.78, 5) is 20.2. The van der Waals surface area contributed by atoms with E-state index in [0.29, 0.717) is 13.1 Å². The zero-order valence-corrected chi connectivity index (χ0v) is 13.3. The van der Waals surface area contributed by atoms with Gasteiger partial charge in [0.05, 0.1) is 12.4 Å². The number of carbonyl (C=O) groups excluding carboxylic acids is 1. The number of nitrogens with one attached hydrogen (secondary N) is 2. The number of halogens is 1. The fraction of sp³-hybridized carbons (Fsp3) is 0.154. The van der Waals surface area contributed by atoms with Gasteiger partial charge >= 0.3 is 0 Å². The lowest BCUT2D eigenvalue weighted by Crippen LogP contribution is -2.30. The van der Waals surface area contributed by atoms with Crippen molar-refractivity contribution in [1.82, 2.24) is 20.0 Å². The maximum atomic E-state index is 11.7. The summed E-state index contributed by atoms with van der Waals surface area (Å²) in [7, 11) is 0. The molecule has 0 saturated heterocycles. The van der Waals surface area contributed by atoms with Gasteiger partial charge in [0.2, 0.25) is 5.82 Å². The van der Waals surface area contributed by atoms with Crippen LogP contribution >= 0.6 is 27.9 Å². The Kier molecular flexibility index (Phi) is 5.97. The molecule has 6 nitrogen and oxygen atoms in total. The molecule has 8 heteroatoms. The number of hydrogen-bond donors (Lipinski definition) is 3. The Labute approximate surface area is 134 Å². The average molecular weight is 369 g/mol. The van der Waals surface area contributed by atoms with Crippen LogP contribution in [0.15, 0.2) is 46.0 Å². The first-order valence-electron chi connectivity index (χ1n) is 6.09. The van der Waals surface area contributed by atoms with Gasteiger partial charge in [0.15, 0.2) is 5.75 Å². The van der Waals surface area contributed by atoms with Crippen LogP contribution in [0.5, 0.6) is 5.75 Å². The van der Waals surface area contributed by atoms with Crippen LogP contribution in [0.25, 0.3) is 0 Å². The van der Waals surface area contributed by atoms with Crippen LogP contribution in [0.3, 0.4) is 0 Å². The van der Waals surface area contributed by atoms with Crippen LogP contribution in [0.2, 0.25) is 0 Å². The van der Waals surface area contributed by atoms with Crippen LogP contribution in [0, 0.1) is 0 Å². The van der Waals surface area contributed by atoms with Crippen LogP contribution in [-0.4, -0.2) is 34.1 Å². The highest BCUT2D eigenvalue weighted by atomic mass is 79.9. The van der Waals surface area contributed by atoms with Crippen LogP contribution in [-0.2, 0) is 0 Å². The van der Waals surface area contributed by atoms with Gasteiger partial charge in [0.25, 0.3) is 5.91 Å². The molecule has 0 atom stereocenters. The number of rotatable bonds is 6. The summed E-state index contributed by atoms with van der Waals surface area (Å²) in [6.45, 7) is 1.05. The first-order chi connectivity index (χ1) is 10.1. The molecule has 1 aromatic carbocycles. The Morgan fingerprint density at radius 2 is 1.86 bits per heavy atom. The minimum atomic E-state index is -0.370. The molecule has 2 rings (SSSR count). The van der Waals surface area contributed by atoms with E-state index in [-0.39, 0.29) is 17.5 Å². The predicted molar refractivity (Wildman–Crippen MR) is 84.0 cm³/mol. The molecule has 0 bridgehead atoms. The Hall–Kier alpha value is -1.64. The van der Waals surface area contributed by atoms with Gasteiger partial charge in [-0.25, -0.2) is 9.97 Å². The fourth-order valence-electron chi connectivity index (χ4n) is 1.38. The SMILES string of the molecule is O=C(NCCNSc1ccc(Br)cc1)c1ncc(O)cn1. The third kappa shape index (κ3) is 5.33. The number of amides is 1. The number of aromatic hydroxyl groups is 1. The maximum Gasteiger partial charge on any atom is 0.289 e. The van der Waals surface area contributed by atoms with Crippen molar-refractivity contribution in [1.29, 1.82) is 0 Å². The maximum absolute atomic E-state index is 11.7. The molecule has 0 spiro atoms. The second-order valence-electron chi connectivity index (χ2n) is 3.97. The fourth-order valence-corrected chi connectivity index (χ4v) is 2.29. The molecule has 1 amide bonds. The smallest absolute Gasteiger partial charge is 0.289 e. The second-order valence-corrected chi connectivity index (χ2v) is 5.85. The molecule has 3 N–H and O–H groups in total. The number of hydrogen-bond acceptors (Lipinski definition) is 6. The quantitative estimate of drug-likeness (QED) is 0.533. The zero-order valence-electron chi connectivity index (χ0n) is 10.9. The van der Waals surface area contributed by atoms with E-state index in [1.165, 1.54) is 24.3 Å². The average Bonchev–Trinajstić information content (AvgIpc) is 2.49. The van der Waals surface area contributed by atoms with Crippen molar-refractivity contribution >= 4 is 33.8 Å². The topological polar surface area (TPSA) is 87.1 Å². The van der Waals surface area contributed by atoms with E-state index in [1.807, 2.05) is 24.3 Å². The summed E-state index contributed by atoms with van der Waals surface area (Å²) in [5.74, 6) is -0.405. The summed E-state index contributed by atoms with van der Waals surface area (Å²) in [6.07, 6.45) is 2.37. The Morgan fingerprint density at radius 3 is 2.52 bits per heavy atom. The van der Waals surface area contributed by atoms with E-state index >= 15 is 0 Å². The van der Waals surface area contributed by atoms with E-state index in [1.54, 1.807) is 0 Å². The highest BCUT2D eigenvalue weighted by Crippen LogP contribution is 2.17. The predicted octanol–water partition coefficient (Wildman–Crippen LogP) is 1.97. The van der Waals surface area contributed by atoms with Gasteiger partial charge in [-0.2, -0.15) is 0 Å². The lowest BCUT2D eigenvalue weighted by atomic mass is 10.4. The summed E-state index contributed by atoms with van der Waals surface area (Å²) in [5, 5.41) is 11.7. The molecule has 1 heterocycles. The van der Waals surface area contributed by atoms with Gasteiger partial charge in [-0.15, -0.1) is 0 Å². The normalized spacial score (nSPS) is 10.3. The molecule has 0 radical (unpaired) electrons. The van der Waals surface area contributed by atoms with Gasteiger partial charge < -0.3 is 10.4 Å². The highest BCUT2D eigenvalue weighted by Gasteiger charge is 2.07. The van der Waals surface area contributed by atoms with E-state index in [0.717, 1.165) is 9.37 Å². The minimum absolute atomic E-state index is 0.0355. The summed E-state index contributed by atoms with van der Waals surface area (Å²) in [6, 6.07) is 7.91. The summed E-state index contributed by atoms with van der Waals surface area (Å²) >= 11 is 4.87. The molecular weight excluding hydrogens is 356 g/mol. The van der Waals surface area contributed by atoms with Crippen LogP contribution in [0.4, 0.5) is 0 Å². The molecular formula is C13H13BrN4O2S. The molecule has 0 unspecified atom stereocenters. The van der Waals surface area contributed by atoms with Gasteiger partial charge in [0, 0.05) is 22.5 Å². The van der Waals surface area contributed by atoms with E-state index < -0.39 is 0 Å². The Morgan fingerprint density at radius 1 is 1.19 bits per heavy atom. The molecule has 0 fully saturated rings. The molecule has 0 aliphatic rings. The highest BCUT2D eigenvalue weighted by molar-refractivity contribution is 9.10. The summed E-state index contributed by atoms with van der Waals surface area (Å²) in [5.41, 5.74) is 0. The van der Waals surface area contributed by atoms with Crippen LogP contribution in [0.1, 0.15) is 10.6 Å². The van der Waals surface area contributed by atoms with Gasteiger partial charge in [-0.3, -0.25) is 9.52 Å². The summed E-state index contributed by atoms with van der Waals surface area (Å²) < 4.78 is 4.18. The van der Waals surface area contributed by atoms with Gasteiger partial charge in [-0.05, 0) is 36.2 Å². The third-order valence-corrected chi connectivity index (χ3v) is 3.74. The van der Waals surface area contributed by atoms with Crippen molar-refractivity contribution in [2.75, 3.05) is 13.1 Å². The Bertz CT molecular complexity index is 592. The lowest BCUT2D eigenvalue weighted by molar-refractivity contribution is 0.0944. The molecule has 0 aliphatic heterocycles. The molecule has 2 aromatic rings. The molecule has 0 aliphatic carbocycles. The standard InChI is InChI=1S/C13H13BrN4O2S/c14-9-1-3-11(4-2-9)21-18-6-5-15-13(20)12-16-7-10(19)8-17-12/h1-4,7-8,18-19H,5-6H2,(H,15,20). The number of nitrogens with zero attached hydrogens (tertiary/aromatic N) is 2. The van der Waals surface area contributed by atoms with Crippen molar-refractivity contribution in [3.8, 4) is 5.75 Å². The molecule has 0 saturated carbocycles. The van der Waals surface area contributed by atoms with Crippen LogP contribution < -0.4 is 10.0 Å². The number of aromatic nitrogens is 2. The van der Waals surface area contributed by atoms with Crippen molar-refractivity contribution < 1.29 is 9.90 Å². The lowest BCUT2D eigenvalue weighted by Gasteiger charge is -2.06. The van der Waals surface area contributed by atoms with E-state index in [4.69, 9.17) is 5.11 Å². The van der Waals surface area contributed by atoms with Crippen molar-refractivity contribution in [2.24, 2.45) is 0 Å². The number of benzene rings is 1. The third-order valence-electron chi connectivity index (χ3n) is 2.36. The van der Waals surface area contributed by atoms with Gasteiger partial charge in [-0.1, -0.05) is 15.9 Å². The van der Waals surface area contributed by atoms with E-state index in [9.17, 15) is 4.79 Å².